The average molecular weight is 632 g/mol. The van der Waals surface area contributed by atoms with E-state index >= 15 is 0 Å². The third-order valence-corrected chi connectivity index (χ3v) is 7.18. The van der Waals surface area contributed by atoms with Crippen LogP contribution >= 0.6 is 22.6 Å². The van der Waals surface area contributed by atoms with Crippen LogP contribution in [-0.4, -0.2) is 25.0 Å². The molecule has 1 heterocycles. The van der Waals surface area contributed by atoms with E-state index in [-0.39, 0.29) is 5.57 Å². The summed E-state index contributed by atoms with van der Waals surface area (Å²) in [6.45, 7) is 4.09. The van der Waals surface area contributed by atoms with Crippen LogP contribution in [0, 0.1) is 17.4 Å². The number of anilines is 1. The van der Waals surface area contributed by atoms with Crippen molar-refractivity contribution in [2.24, 2.45) is 0 Å². The summed E-state index contributed by atoms with van der Waals surface area (Å²) in [6.07, 6.45) is 1.46. The van der Waals surface area contributed by atoms with Gasteiger partial charge in [-0.05, 0) is 99.8 Å². The van der Waals surface area contributed by atoms with Crippen LogP contribution in [-0.2, 0) is 16.2 Å². The molecule has 0 spiro atoms. The molecule has 0 unspecified atom stereocenters. The first-order chi connectivity index (χ1) is 18.7. The fourth-order valence-electron chi connectivity index (χ4n) is 4.67. The van der Waals surface area contributed by atoms with Crippen LogP contribution in [0.2, 0.25) is 0 Å². The summed E-state index contributed by atoms with van der Waals surface area (Å²) in [5.74, 6) is -0.436. The zero-order valence-electron chi connectivity index (χ0n) is 21.6. The number of rotatable bonds is 6. The van der Waals surface area contributed by atoms with E-state index in [2.05, 4.69) is 46.1 Å². The number of barbiturate groups is 1. The Bertz CT molecular complexity index is 1650. The fraction of sp³-hybridized carbons (Fsp3) is 0.129. The number of ether oxygens (including phenoxy) is 2. The van der Waals surface area contributed by atoms with Gasteiger partial charge in [0.15, 0.2) is 11.5 Å². The molecular formula is C31H25IN2O5. The first-order valence-corrected chi connectivity index (χ1v) is 13.3. The number of imide groups is 2. The summed E-state index contributed by atoms with van der Waals surface area (Å²) in [7, 11) is 1.53. The van der Waals surface area contributed by atoms with Crippen molar-refractivity contribution in [3.63, 3.8) is 0 Å². The van der Waals surface area contributed by atoms with Gasteiger partial charge in [0.25, 0.3) is 11.8 Å². The largest absolute Gasteiger partial charge is 0.493 e. The van der Waals surface area contributed by atoms with Crippen LogP contribution in [0.4, 0.5) is 10.5 Å². The van der Waals surface area contributed by atoms with E-state index in [0.29, 0.717) is 29.4 Å². The van der Waals surface area contributed by atoms with Crippen molar-refractivity contribution in [1.29, 1.82) is 0 Å². The highest BCUT2D eigenvalue weighted by Gasteiger charge is 2.37. The lowest BCUT2D eigenvalue weighted by Gasteiger charge is -2.27. The van der Waals surface area contributed by atoms with Crippen molar-refractivity contribution in [2.75, 3.05) is 12.0 Å². The minimum absolute atomic E-state index is 0.156. The Morgan fingerprint density at radius 2 is 1.64 bits per heavy atom. The normalized spacial score (nSPS) is 14.6. The maximum Gasteiger partial charge on any atom is 0.335 e. The summed E-state index contributed by atoms with van der Waals surface area (Å²) < 4.78 is 12.6. The van der Waals surface area contributed by atoms with Gasteiger partial charge in [0.05, 0.1) is 16.4 Å². The van der Waals surface area contributed by atoms with Gasteiger partial charge in [0, 0.05) is 0 Å². The highest BCUT2D eigenvalue weighted by Crippen LogP contribution is 2.36. The molecule has 1 saturated heterocycles. The van der Waals surface area contributed by atoms with E-state index in [1.165, 1.54) is 13.2 Å². The number of carbonyl (C=O) groups is 3. The first kappa shape index (κ1) is 26.4. The van der Waals surface area contributed by atoms with E-state index in [9.17, 15) is 14.4 Å². The maximum absolute atomic E-state index is 13.4. The number of hydrogen-bond donors (Lipinski definition) is 1. The highest BCUT2D eigenvalue weighted by molar-refractivity contribution is 14.1. The number of fused-ring (bicyclic) bond motifs is 1. The molecule has 1 N–H and O–H groups in total. The summed E-state index contributed by atoms with van der Waals surface area (Å²) in [6, 6.07) is 22.3. The third kappa shape index (κ3) is 5.37. The summed E-state index contributed by atoms with van der Waals surface area (Å²) in [4.78, 5) is 39.7. The van der Waals surface area contributed by atoms with E-state index in [1.54, 1.807) is 24.3 Å². The number of hydrogen-bond acceptors (Lipinski definition) is 5. The Balaban J connectivity index is 1.45. The van der Waals surface area contributed by atoms with E-state index in [0.717, 1.165) is 35.9 Å². The number of nitrogens with one attached hydrogen (secondary N) is 1. The van der Waals surface area contributed by atoms with E-state index in [4.69, 9.17) is 9.47 Å². The molecule has 1 aliphatic rings. The molecule has 0 radical (unpaired) electrons. The zero-order valence-corrected chi connectivity index (χ0v) is 23.7. The van der Waals surface area contributed by atoms with Crippen molar-refractivity contribution in [3.05, 3.63) is 104 Å². The van der Waals surface area contributed by atoms with Crippen molar-refractivity contribution >= 4 is 63.0 Å². The van der Waals surface area contributed by atoms with Gasteiger partial charge < -0.3 is 9.47 Å². The number of aryl methyl sites for hydroxylation is 2. The molecule has 1 aliphatic heterocycles. The Hall–Kier alpha value is -4.18. The maximum atomic E-state index is 13.4. The Kier molecular flexibility index (Phi) is 7.38. The number of methoxy groups -OCH3 is 1. The second-order valence-electron chi connectivity index (χ2n) is 9.26. The van der Waals surface area contributed by atoms with Gasteiger partial charge in [0.1, 0.15) is 12.2 Å². The number of halogens is 1. The smallest absolute Gasteiger partial charge is 0.335 e. The topological polar surface area (TPSA) is 84.9 Å². The number of carbonyl (C=O) groups excluding carboxylic acids is 3. The van der Waals surface area contributed by atoms with Crippen LogP contribution in [0.3, 0.4) is 0 Å². The number of nitrogens with zero attached hydrogens (tertiary/aromatic N) is 1. The van der Waals surface area contributed by atoms with Crippen LogP contribution < -0.4 is 19.7 Å². The molecule has 196 valence electrons. The van der Waals surface area contributed by atoms with Gasteiger partial charge in [-0.15, -0.1) is 0 Å². The Labute approximate surface area is 239 Å². The van der Waals surface area contributed by atoms with Gasteiger partial charge in [-0.2, -0.15) is 0 Å². The summed E-state index contributed by atoms with van der Waals surface area (Å²) in [5, 5.41) is 4.52. The molecule has 0 aromatic heterocycles. The van der Waals surface area contributed by atoms with Crippen molar-refractivity contribution in [2.45, 2.75) is 20.5 Å². The van der Waals surface area contributed by atoms with Crippen LogP contribution in [0.5, 0.6) is 11.5 Å². The fourth-order valence-corrected chi connectivity index (χ4v) is 5.45. The molecule has 0 aliphatic carbocycles. The van der Waals surface area contributed by atoms with E-state index in [1.807, 2.05) is 44.2 Å². The lowest BCUT2D eigenvalue weighted by molar-refractivity contribution is -0.122. The quantitative estimate of drug-likeness (QED) is 0.153. The molecule has 8 heteroatoms. The minimum Gasteiger partial charge on any atom is -0.493 e. The standard InChI is InChI=1S/C31H25IN2O5/c1-18-11-19(2)13-23(12-18)34-30(36)25(29(35)33-31(34)37)14-20-15-26(32)28(27(16-20)38-3)39-17-22-9-6-8-21-7-4-5-10-24(21)22/h4-16H,17H2,1-3H3,(H,33,35,37)/b25-14+. The lowest BCUT2D eigenvalue weighted by Crippen LogP contribution is -2.54. The summed E-state index contributed by atoms with van der Waals surface area (Å²) in [5.41, 5.74) is 3.63. The van der Waals surface area contributed by atoms with Gasteiger partial charge in [-0.3, -0.25) is 14.9 Å². The van der Waals surface area contributed by atoms with Crippen LogP contribution in [0.1, 0.15) is 22.3 Å². The molecule has 39 heavy (non-hydrogen) atoms. The van der Waals surface area contributed by atoms with Gasteiger partial charge in [-0.25, -0.2) is 9.69 Å². The predicted octanol–water partition coefficient (Wildman–Crippen LogP) is 6.32. The number of amides is 4. The van der Waals surface area contributed by atoms with Crippen LogP contribution in [0.25, 0.3) is 16.8 Å². The summed E-state index contributed by atoms with van der Waals surface area (Å²) >= 11 is 2.14. The molecule has 5 rings (SSSR count). The number of urea groups is 1. The van der Waals surface area contributed by atoms with Gasteiger partial charge in [0.2, 0.25) is 0 Å². The molecule has 7 nitrogen and oxygen atoms in total. The lowest BCUT2D eigenvalue weighted by atomic mass is 10.0. The Morgan fingerprint density at radius 1 is 0.923 bits per heavy atom. The van der Waals surface area contributed by atoms with Crippen LogP contribution in [0.15, 0.2) is 78.4 Å². The second-order valence-corrected chi connectivity index (χ2v) is 10.4. The van der Waals surface area contributed by atoms with E-state index < -0.39 is 17.8 Å². The zero-order chi connectivity index (χ0) is 27.7. The number of benzene rings is 4. The SMILES string of the molecule is COc1cc(/C=C2\C(=O)NC(=O)N(c3cc(C)cc(C)c3)C2=O)cc(I)c1OCc1cccc2ccccc12. The minimum atomic E-state index is -0.781. The highest BCUT2D eigenvalue weighted by atomic mass is 127. The second kappa shape index (κ2) is 10.9. The molecule has 4 amide bonds. The molecule has 4 aromatic carbocycles. The van der Waals surface area contributed by atoms with Gasteiger partial charge >= 0.3 is 6.03 Å². The predicted molar refractivity (Wildman–Crippen MR) is 159 cm³/mol. The molecular weight excluding hydrogens is 607 g/mol. The Morgan fingerprint density at radius 3 is 2.38 bits per heavy atom. The first-order valence-electron chi connectivity index (χ1n) is 12.2. The van der Waals surface area contributed by atoms with Crippen molar-refractivity contribution in [1.82, 2.24) is 5.32 Å². The van der Waals surface area contributed by atoms with Crippen molar-refractivity contribution in [3.8, 4) is 11.5 Å². The van der Waals surface area contributed by atoms with Gasteiger partial charge in [-0.1, -0.05) is 48.5 Å². The third-order valence-electron chi connectivity index (χ3n) is 6.38. The monoisotopic (exact) mass is 632 g/mol. The molecule has 0 atom stereocenters. The molecule has 4 aromatic rings. The molecule has 1 fully saturated rings. The average Bonchev–Trinajstić information content (AvgIpc) is 2.89. The van der Waals surface area contributed by atoms with Crippen molar-refractivity contribution < 1.29 is 23.9 Å². The molecule has 0 saturated carbocycles. The molecule has 0 bridgehead atoms.